The Kier molecular flexibility index (Phi) is 13.5. The Balaban J connectivity index is 0.00000136. The molecular weight excluding hydrogens is 610 g/mol. The lowest BCUT2D eigenvalue weighted by Gasteiger charge is -2.43. The number of halogens is 3. The van der Waals surface area contributed by atoms with Crippen LogP contribution in [-0.4, -0.2) is 80.6 Å². The molecule has 2 aromatic rings. The average molecular weight is 649 g/mol. The summed E-state index contributed by atoms with van der Waals surface area (Å²) < 4.78 is 34.9. The van der Waals surface area contributed by atoms with Crippen molar-refractivity contribution in [3.8, 4) is 6.07 Å². The van der Waals surface area contributed by atoms with E-state index in [1.54, 1.807) is 36.2 Å². The summed E-state index contributed by atoms with van der Waals surface area (Å²) >= 11 is 4.64. The molecule has 14 heteroatoms. The second-order valence-corrected chi connectivity index (χ2v) is 10.0. The number of carbonyl (C=O) groups is 4. The van der Waals surface area contributed by atoms with Crippen molar-refractivity contribution < 1.29 is 32.7 Å². The third kappa shape index (κ3) is 8.60. The fourth-order valence-corrected chi connectivity index (χ4v) is 4.94. The van der Waals surface area contributed by atoms with Crippen molar-refractivity contribution in [3.05, 3.63) is 59.2 Å². The SMILES string of the molecule is C.CC.CCl.CN(C(=O)N1CC(OC(=O)NC2CN(c3cc(F)c(C4CCC(=O)NC4=O)c(F)c3)C2)C1)c1ccc(C#N)cc1. The van der Waals surface area contributed by atoms with Crippen molar-refractivity contribution in [1.82, 2.24) is 15.5 Å². The van der Waals surface area contributed by atoms with Gasteiger partial charge in [0.2, 0.25) is 11.8 Å². The fraction of sp³-hybridized carbons (Fsp3) is 0.452. The van der Waals surface area contributed by atoms with E-state index in [4.69, 9.17) is 10.00 Å². The monoisotopic (exact) mass is 648 g/mol. The van der Waals surface area contributed by atoms with Gasteiger partial charge in [0.1, 0.15) is 17.7 Å². The maximum absolute atomic E-state index is 14.8. The summed E-state index contributed by atoms with van der Waals surface area (Å²) in [5.74, 6) is -3.98. The lowest BCUT2D eigenvalue weighted by molar-refractivity contribution is -0.134. The van der Waals surface area contributed by atoms with Gasteiger partial charge in [-0.25, -0.2) is 18.4 Å². The number of alkyl carbamates (subject to hydrolysis) is 1. The zero-order valence-corrected chi connectivity index (χ0v) is 25.7. The largest absolute Gasteiger partial charge is 0.442 e. The zero-order valence-electron chi connectivity index (χ0n) is 24.9. The van der Waals surface area contributed by atoms with Crippen molar-refractivity contribution in [1.29, 1.82) is 5.26 Å². The first-order valence-electron chi connectivity index (χ1n) is 14.1. The number of amides is 5. The summed E-state index contributed by atoms with van der Waals surface area (Å²) in [6.07, 6.45) is 0.415. The van der Waals surface area contributed by atoms with Gasteiger partial charge in [-0.1, -0.05) is 21.3 Å². The van der Waals surface area contributed by atoms with Gasteiger partial charge in [0.25, 0.3) is 0 Å². The molecule has 244 valence electrons. The number of piperidine rings is 1. The van der Waals surface area contributed by atoms with Gasteiger partial charge in [-0.3, -0.25) is 19.8 Å². The summed E-state index contributed by atoms with van der Waals surface area (Å²) in [4.78, 5) is 53.0. The molecular formula is C31H39ClF2N6O5. The highest BCUT2D eigenvalue weighted by atomic mass is 35.5. The first-order valence-corrected chi connectivity index (χ1v) is 14.8. The average Bonchev–Trinajstić information content (AvgIpc) is 2.98. The molecule has 3 saturated heterocycles. The summed E-state index contributed by atoms with van der Waals surface area (Å²) in [5.41, 5.74) is 1.04. The number of hydrogen-bond acceptors (Lipinski definition) is 7. The number of nitrogens with one attached hydrogen (secondary N) is 2. The lowest BCUT2D eigenvalue weighted by Crippen LogP contribution is -2.62. The molecule has 0 bridgehead atoms. The third-order valence-corrected chi connectivity index (χ3v) is 7.28. The van der Waals surface area contributed by atoms with Crippen molar-refractivity contribution >= 4 is 46.9 Å². The van der Waals surface area contributed by atoms with E-state index in [1.807, 2.05) is 19.9 Å². The number of rotatable bonds is 5. The Labute approximate surface area is 267 Å². The molecule has 3 aliphatic heterocycles. The van der Waals surface area contributed by atoms with Crippen LogP contribution in [0.3, 0.4) is 0 Å². The van der Waals surface area contributed by atoms with Gasteiger partial charge in [-0.05, 0) is 42.8 Å². The fourth-order valence-electron chi connectivity index (χ4n) is 4.94. The highest BCUT2D eigenvalue weighted by molar-refractivity contribution is 6.15. The number of alkyl halides is 1. The number of imide groups is 1. The van der Waals surface area contributed by atoms with Crippen LogP contribution >= 0.6 is 11.6 Å². The second kappa shape index (κ2) is 16.6. The molecule has 45 heavy (non-hydrogen) atoms. The Morgan fingerprint density at radius 3 is 2.18 bits per heavy atom. The van der Waals surface area contributed by atoms with E-state index in [-0.39, 0.29) is 56.7 Å². The molecule has 5 rings (SSSR count). The molecule has 1 unspecified atom stereocenters. The minimum absolute atomic E-state index is 0. The number of nitrogens with zero attached hydrogens (tertiary/aromatic N) is 4. The highest BCUT2D eigenvalue weighted by Crippen LogP contribution is 2.33. The molecule has 0 radical (unpaired) electrons. The Morgan fingerprint density at radius 2 is 1.64 bits per heavy atom. The molecule has 3 fully saturated rings. The van der Waals surface area contributed by atoms with Crippen LogP contribution in [-0.2, 0) is 14.3 Å². The van der Waals surface area contributed by atoms with Gasteiger partial charge in [0.15, 0.2) is 0 Å². The van der Waals surface area contributed by atoms with Crippen molar-refractivity contribution in [2.75, 3.05) is 49.4 Å². The first-order chi connectivity index (χ1) is 21.1. The number of hydrogen-bond donors (Lipinski definition) is 2. The molecule has 0 saturated carbocycles. The topological polar surface area (TPSA) is 135 Å². The third-order valence-electron chi connectivity index (χ3n) is 7.28. The first kappa shape index (κ1) is 36.8. The van der Waals surface area contributed by atoms with Gasteiger partial charge in [0.05, 0.1) is 36.7 Å². The van der Waals surface area contributed by atoms with Crippen molar-refractivity contribution in [2.24, 2.45) is 0 Å². The minimum Gasteiger partial charge on any atom is -0.442 e. The molecule has 5 amide bonds. The van der Waals surface area contributed by atoms with Crippen LogP contribution in [0.5, 0.6) is 0 Å². The number of ether oxygens (including phenoxy) is 1. The maximum Gasteiger partial charge on any atom is 0.407 e. The van der Waals surface area contributed by atoms with E-state index >= 15 is 0 Å². The molecule has 3 heterocycles. The predicted octanol–water partition coefficient (Wildman–Crippen LogP) is 4.73. The number of anilines is 2. The van der Waals surface area contributed by atoms with Crippen LogP contribution < -0.4 is 20.4 Å². The van der Waals surface area contributed by atoms with E-state index in [2.05, 4.69) is 22.2 Å². The Bertz CT molecular complexity index is 1390. The molecule has 11 nitrogen and oxygen atoms in total. The molecule has 0 aromatic heterocycles. The zero-order chi connectivity index (χ0) is 32.6. The number of likely N-dealkylation sites (tertiary alicyclic amines) is 1. The maximum atomic E-state index is 14.8. The van der Waals surface area contributed by atoms with E-state index in [0.29, 0.717) is 24.3 Å². The second-order valence-electron chi connectivity index (χ2n) is 10.0. The van der Waals surface area contributed by atoms with E-state index in [0.717, 1.165) is 12.1 Å². The van der Waals surface area contributed by atoms with E-state index < -0.39 is 41.6 Å². The quantitative estimate of drug-likeness (QED) is 0.354. The van der Waals surface area contributed by atoms with Crippen LogP contribution in [0, 0.1) is 23.0 Å². The summed E-state index contributed by atoms with van der Waals surface area (Å²) in [6, 6.07) is 10.3. The van der Waals surface area contributed by atoms with Gasteiger partial charge in [0, 0.05) is 49.9 Å². The highest BCUT2D eigenvalue weighted by Gasteiger charge is 2.37. The summed E-state index contributed by atoms with van der Waals surface area (Å²) in [6.45, 7) is 5.08. The molecule has 0 aliphatic carbocycles. The number of urea groups is 1. The van der Waals surface area contributed by atoms with Crippen LogP contribution in [0.15, 0.2) is 36.4 Å². The molecule has 2 aromatic carbocycles. The van der Waals surface area contributed by atoms with Crippen molar-refractivity contribution in [3.63, 3.8) is 0 Å². The predicted molar refractivity (Wildman–Crippen MR) is 167 cm³/mol. The summed E-state index contributed by atoms with van der Waals surface area (Å²) in [7, 11) is 1.62. The molecule has 1 atom stereocenters. The van der Waals surface area contributed by atoms with Gasteiger partial charge in [-0.2, -0.15) is 5.26 Å². The Morgan fingerprint density at radius 1 is 1.07 bits per heavy atom. The van der Waals surface area contributed by atoms with Gasteiger partial charge in [-0.15, -0.1) is 11.6 Å². The van der Waals surface area contributed by atoms with Crippen LogP contribution in [0.4, 0.5) is 29.7 Å². The Hall–Kier alpha value is -4.44. The standard InChI is InChI=1S/C27H26F2N6O5.C2H6.CH3Cl.CH4/c1-33(17-4-2-15(10-30)3-5-17)27(39)35-13-19(14-35)40-26(38)31-16-11-34(12-16)18-8-21(28)24(22(29)9-18)20-6-7-23(36)32-25(20)37;2*1-2;/h2-5,8-9,16,19-20H,6-7,11-14H2,1H3,(H,31,38)(H,32,36,37);1-2H3;1H3;1H4. The van der Waals surface area contributed by atoms with Crippen molar-refractivity contribution in [2.45, 2.75) is 52.2 Å². The van der Waals surface area contributed by atoms with E-state index in [9.17, 15) is 28.0 Å². The molecule has 2 N–H and O–H groups in total. The normalized spacial score (nSPS) is 17.3. The smallest absolute Gasteiger partial charge is 0.407 e. The van der Waals surface area contributed by atoms with Gasteiger partial charge >= 0.3 is 12.1 Å². The van der Waals surface area contributed by atoms with E-state index in [1.165, 1.54) is 16.2 Å². The van der Waals surface area contributed by atoms with Crippen LogP contribution in [0.25, 0.3) is 0 Å². The molecule has 3 aliphatic rings. The minimum atomic E-state index is -1.07. The van der Waals surface area contributed by atoms with Crippen LogP contribution in [0.1, 0.15) is 51.2 Å². The summed E-state index contributed by atoms with van der Waals surface area (Å²) in [5, 5.41) is 13.7. The number of nitriles is 1. The van der Waals surface area contributed by atoms with Crippen LogP contribution in [0.2, 0.25) is 0 Å². The number of benzene rings is 2. The number of carbonyl (C=O) groups excluding carboxylic acids is 4. The van der Waals surface area contributed by atoms with Gasteiger partial charge < -0.3 is 19.9 Å². The lowest BCUT2D eigenvalue weighted by atomic mass is 9.89. The molecule has 0 spiro atoms.